The molecule has 2 heterocycles. The number of amides is 2. The Labute approximate surface area is 157 Å². The Balaban J connectivity index is 1.83. The fraction of sp³-hybridized carbons (Fsp3) is 0.474. The molecule has 1 fully saturated rings. The van der Waals surface area contributed by atoms with Crippen LogP contribution in [0.25, 0.3) is 0 Å². The van der Waals surface area contributed by atoms with Gasteiger partial charge in [0.15, 0.2) is 0 Å². The third kappa shape index (κ3) is 3.93. The number of nitrogens with one attached hydrogen (secondary N) is 1. The number of rotatable bonds is 5. The molecular formula is C19H24N4O2S. The molecule has 0 aliphatic carbocycles. The lowest BCUT2D eigenvalue weighted by Crippen LogP contribution is -2.39. The van der Waals surface area contributed by atoms with E-state index in [1.54, 1.807) is 0 Å². The number of aromatic nitrogens is 2. The Bertz CT molecular complexity index is 787. The fourth-order valence-corrected chi connectivity index (χ4v) is 4.12. The molecule has 3 rings (SSSR count). The van der Waals surface area contributed by atoms with E-state index in [2.05, 4.69) is 46.1 Å². The number of aryl methyl sites for hydroxylation is 2. The van der Waals surface area contributed by atoms with Gasteiger partial charge in [0.1, 0.15) is 4.88 Å². The fourth-order valence-electron chi connectivity index (χ4n) is 3.44. The molecule has 0 unspecified atom stereocenters. The lowest BCUT2D eigenvalue weighted by molar-refractivity contribution is -0.119. The maximum atomic E-state index is 13.0. The van der Waals surface area contributed by atoms with Gasteiger partial charge >= 0.3 is 0 Å². The molecule has 1 aliphatic heterocycles. The van der Waals surface area contributed by atoms with E-state index in [4.69, 9.17) is 0 Å². The molecule has 1 aromatic carbocycles. The minimum Gasteiger partial charge on any atom is -0.351 e. The molecule has 6 nitrogen and oxygen atoms in total. The summed E-state index contributed by atoms with van der Waals surface area (Å²) in [6, 6.07) is 8.21. The van der Waals surface area contributed by atoms with Crippen molar-refractivity contribution in [3.05, 3.63) is 46.0 Å². The number of likely N-dealkylation sites (tertiary alicyclic amines) is 1. The summed E-state index contributed by atoms with van der Waals surface area (Å²) in [7, 11) is 0. The number of benzene rings is 1. The van der Waals surface area contributed by atoms with Crippen molar-refractivity contribution in [2.24, 2.45) is 0 Å². The van der Waals surface area contributed by atoms with Crippen LogP contribution >= 0.6 is 11.5 Å². The Kier molecular flexibility index (Phi) is 5.66. The molecular weight excluding hydrogens is 348 g/mol. The van der Waals surface area contributed by atoms with E-state index < -0.39 is 0 Å². The smallest absolute Gasteiger partial charge is 0.267 e. The van der Waals surface area contributed by atoms with Crippen molar-refractivity contribution in [2.75, 3.05) is 13.1 Å². The van der Waals surface area contributed by atoms with Crippen LogP contribution in [0.5, 0.6) is 0 Å². The summed E-state index contributed by atoms with van der Waals surface area (Å²) >= 11 is 1.16. The first-order chi connectivity index (χ1) is 12.5. The zero-order valence-corrected chi connectivity index (χ0v) is 16.2. The highest BCUT2D eigenvalue weighted by atomic mass is 32.1. The van der Waals surface area contributed by atoms with E-state index in [1.165, 1.54) is 12.5 Å². The third-order valence-electron chi connectivity index (χ3n) is 4.74. The van der Waals surface area contributed by atoms with Crippen molar-refractivity contribution in [1.82, 2.24) is 19.8 Å². The Hall–Kier alpha value is -2.28. The molecule has 1 aliphatic rings. The molecule has 0 spiro atoms. The second-order valence-electron chi connectivity index (χ2n) is 6.83. The summed E-state index contributed by atoms with van der Waals surface area (Å²) in [6.07, 6.45) is 1.67. The number of carbonyl (C=O) groups excluding carboxylic acids is 2. The van der Waals surface area contributed by atoms with Crippen LogP contribution < -0.4 is 5.32 Å². The first-order valence-corrected chi connectivity index (χ1v) is 9.71. The summed E-state index contributed by atoms with van der Waals surface area (Å²) in [5.74, 6) is -0.0279. The predicted octanol–water partition coefficient (Wildman–Crippen LogP) is 2.54. The maximum absolute atomic E-state index is 13.0. The summed E-state index contributed by atoms with van der Waals surface area (Å²) < 4.78 is 3.96. The SMILES string of the molecule is CCCc1nnsc1C(=O)N1C[C@@H](NC(C)=O)[C@H](c2ccc(C)cc2)C1. The van der Waals surface area contributed by atoms with Gasteiger partial charge in [-0.1, -0.05) is 47.7 Å². The molecule has 1 N–H and O–H groups in total. The highest BCUT2D eigenvalue weighted by molar-refractivity contribution is 7.08. The van der Waals surface area contributed by atoms with Gasteiger partial charge in [0, 0.05) is 25.9 Å². The summed E-state index contributed by atoms with van der Waals surface area (Å²) in [4.78, 5) is 27.1. The molecule has 26 heavy (non-hydrogen) atoms. The normalized spacial score (nSPS) is 19.6. The quantitative estimate of drug-likeness (QED) is 0.875. The first kappa shape index (κ1) is 18.5. The van der Waals surface area contributed by atoms with Gasteiger partial charge in [0.2, 0.25) is 5.91 Å². The monoisotopic (exact) mass is 372 g/mol. The van der Waals surface area contributed by atoms with E-state index in [0.29, 0.717) is 18.0 Å². The molecule has 2 aromatic rings. The Morgan fingerprint density at radius 1 is 1.27 bits per heavy atom. The molecule has 2 amide bonds. The molecule has 138 valence electrons. The minimum atomic E-state index is -0.0883. The van der Waals surface area contributed by atoms with Crippen molar-refractivity contribution in [3.8, 4) is 0 Å². The molecule has 7 heteroatoms. The van der Waals surface area contributed by atoms with Gasteiger partial charge in [-0.3, -0.25) is 9.59 Å². The van der Waals surface area contributed by atoms with Crippen molar-refractivity contribution in [2.45, 2.75) is 45.6 Å². The van der Waals surface area contributed by atoms with Crippen LogP contribution in [0.4, 0.5) is 0 Å². The second kappa shape index (κ2) is 7.95. The molecule has 1 aromatic heterocycles. The Morgan fingerprint density at radius 2 is 2.00 bits per heavy atom. The van der Waals surface area contributed by atoms with Crippen LogP contribution in [-0.2, 0) is 11.2 Å². The number of carbonyl (C=O) groups is 2. The molecule has 2 atom stereocenters. The van der Waals surface area contributed by atoms with Gasteiger partial charge in [-0.15, -0.1) is 5.10 Å². The number of hydrogen-bond donors (Lipinski definition) is 1. The van der Waals surface area contributed by atoms with Gasteiger partial charge in [-0.05, 0) is 30.4 Å². The van der Waals surface area contributed by atoms with Crippen LogP contribution in [0.2, 0.25) is 0 Å². The lowest BCUT2D eigenvalue weighted by Gasteiger charge is -2.19. The van der Waals surface area contributed by atoms with Crippen LogP contribution in [-0.4, -0.2) is 45.4 Å². The summed E-state index contributed by atoms with van der Waals surface area (Å²) in [5.41, 5.74) is 3.11. The highest BCUT2D eigenvalue weighted by Gasteiger charge is 2.38. The topological polar surface area (TPSA) is 75.2 Å². The van der Waals surface area contributed by atoms with E-state index in [1.807, 2.05) is 11.8 Å². The van der Waals surface area contributed by atoms with Crippen LogP contribution in [0.1, 0.15) is 52.7 Å². The van der Waals surface area contributed by atoms with Gasteiger partial charge < -0.3 is 10.2 Å². The van der Waals surface area contributed by atoms with E-state index in [0.717, 1.165) is 35.6 Å². The maximum Gasteiger partial charge on any atom is 0.267 e. The average Bonchev–Trinajstić information content (AvgIpc) is 3.22. The summed E-state index contributed by atoms with van der Waals surface area (Å²) in [6.45, 7) is 6.70. The first-order valence-electron chi connectivity index (χ1n) is 8.93. The van der Waals surface area contributed by atoms with Gasteiger partial charge in [-0.2, -0.15) is 0 Å². The van der Waals surface area contributed by atoms with Gasteiger partial charge in [0.25, 0.3) is 5.91 Å². The highest BCUT2D eigenvalue weighted by Crippen LogP contribution is 2.30. The van der Waals surface area contributed by atoms with E-state index >= 15 is 0 Å². The molecule has 0 saturated carbocycles. The zero-order chi connectivity index (χ0) is 18.7. The molecule has 0 radical (unpaired) electrons. The lowest BCUT2D eigenvalue weighted by atomic mass is 9.93. The number of nitrogens with zero attached hydrogens (tertiary/aromatic N) is 3. The van der Waals surface area contributed by atoms with Gasteiger partial charge in [0.05, 0.1) is 11.7 Å². The largest absolute Gasteiger partial charge is 0.351 e. The minimum absolute atomic E-state index is 0.0339. The molecule has 1 saturated heterocycles. The average molecular weight is 372 g/mol. The second-order valence-corrected chi connectivity index (χ2v) is 7.59. The van der Waals surface area contributed by atoms with E-state index in [-0.39, 0.29) is 23.8 Å². The van der Waals surface area contributed by atoms with Crippen LogP contribution in [0.15, 0.2) is 24.3 Å². The third-order valence-corrected chi connectivity index (χ3v) is 5.49. The van der Waals surface area contributed by atoms with E-state index in [9.17, 15) is 9.59 Å². The standard InChI is InChI=1S/C19H24N4O2S/c1-4-5-16-18(26-22-21-16)19(25)23-10-15(17(11-23)20-13(3)24)14-8-6-12(2)7-9-14/h6-9,15,17H,4-5,10-11H2,1-3H3,(H,20,24)/t15-,17+/m0/s1. The predicted molar refractivity (Wildman–Crippen MR) is 101 cm³/mol. The van der Waals surface area contributed by atoms with Crippen molar-refractivity contribution < 1.29 is 9.59 Å². The summed E-state index contributed by atoms with van der Waals surface area (Å²) in [5, 5.41) is 7.12. The zero-order valence-electron chi connectivity index (χ0n) is 15.4. The van der Waals surface area contributed by atoms with Crippen molar-refractivity contribution >= 4 is 23.3 Å². The van der Waals surface area contributed by atoms with Crippen molar-refractivity contribution in [1.29, 1.82) is 0 Å². The Morgan fingerprint density at radius 3 is 2.65 bits per heavy atom. The van der Waals surface area contributed by atoms with Crippen LogP contribution in [0.3, 0.4) is 0 Å². The van der Waals surface area contributed by atoms with Gasteiger partial charge in [-0.25, -0.2) is 0 Å². The molecule has 0 bridgehead atoms. The van der Waals surface area contributed by atoms with Crippen LogP contribution in [0, 0.1) is 6.92 Å². The number of hydrogen-bond acceptors (Lipinski definition) is 5. The van der Waals surface area contributed by atoms with Crippen molar-refractivity contribution in [3.63, 3.8) is 0 Å².